The molecule has 0 aromatic carbocycles. The van der Waals surface area contributed by atoms with Gasteiger partial charge in [-0.3, -0.25) is 24.0 Å². The van der Waals surface area contributed by atoms with Crippen molar-refractivity contribution in [1.29, 1.82) is 0 Å². The summed E-state index contributed by atoms with van der Waals surface area (Å²) < 4.78 is 0. The van der Waals surface area contributed by atoms with Crippen LogP contribution >= 0.6 is 0 Å². The Hall–Kier alpha value is -4.04. The number of carbonyl (C=O) groups is 8. The number of carboxylic acids is 4. The van der Waals surface area contributed by atoms with Crippen molar-refractivity contribution < 1.29 is 58.8 Å². The molecule has 0 aliphatic carbocycles. The van der Waals surface area contributed by atoms with Crippen LogP contribution in [0.4, 0.5) is 0 Å². The molecule has 15 heteroatoms. The van der Waals surface area contributed by atoms with Gasteiger partial charge in [0.2, 0.25) is 17.7 Å². The Bertz CT molecular complexity index is 1020. The van der Waals surface area contributed by atoms with Gasteiger partial charge in [0.25, 0.3) is 0 Å². The topological polar surface area (TPSA) is 254 Å². The summed E-state index contributed by atoms with van der Waals surface area (Å²) >= 11 is 0. The maximum atomic E-state index is 12.0. The van der Waals surface area contributed by atoms with E-state index in [1.807, 2.05) is 0 Å². The molecule has 7 N–H and O–H groups in total. The molecule has 0 rings (SSSR count). The van der Waals surface area contributed by atoms with E-state index < -0.39 is 48.4 Å². The lowest BCUT2D eigenvalue weighted by atomic mass is 10.0. The average molecular weight is 702 g/mol. The molecule has 0 heterocycles. The van der Waals surface area contributed by atoms with Gasteiger partial charge in [0.15, 0.2) is 0 Å². The van der Waals surface area contributed by atoms with E-state index in [4.69, 9.17) is 15.3 Å². The molecule has 3 amide bonds. The van der Waals surface area contributed by atoms with Crippen molar-refractivity contribution >= 4 is 47.4 Å². The number of rotatable bonds is 30. The molecule has 0 aromatic rings. The van der Waals surface area contributed by atoms with Crippen molar-refractivity contribution in [2.75, 3.05) is 6.54 Å². The maximum Gasteiger partial charge on any atom is 0.326 e. The fraction of sp³-hybridized carbons (Fsp3) is 0.765. The number of Topliss-reactive ketones (excluding diaryl/α,β-unsaturated/α-hetero) is 1. The van der Waals surface area contributed by atoms with Gasteiger partial charge in [-0.1, -0.05) is 84.0 Å². The first-order chi connectivity index (χ1) is 23.2. The fourth-order valence-electron chi connectivity index (χ4n) is 4.65. The lowest BCUT2D eigenvalue weighted by molar-refractivity contribution is -0.142. The number of unbranched alkanes of at least 4 members (excludes halogenated alkanes) is 13. The zero-order valence-electron chi connectivity index (χ0n) is 29.3. The Morgan fingerprint density at radius 3 is 1.22 bits per heavy atom. The van der Waals surface area contributed by atoms with Crippen LogP contribution in [0.1, 0.15) is 149 Å². The van der Waals surface area contributed by atoms with Crippen LogP contribution in [0, 0.1) is 0 Å². The third-order valence-corrected chi connectivity index (χ3v) is 7.51. The Labute approximate surface area is 289 Å². The number of hydrogen-bond acceptors (Lipinski definition) is 8. The highest BCUT2D eigenvalue weighted by molar-refractivity contribution is 5.85. The minimum atomic E-state index is -1.22. The lowest BCUT2D eigenvalue weighted by Crippen LogP contribution is -2.41. The zero-order valence-corrected chi connectivity index (χ0v) is 29.3. The van der Waals surface area contributed by atoms with E-state index >= 15 is 0 Å². The summed E-state index contributed by atoms with van der Waals surface area (Å²) in [7, 11) is 0. The van der Waals surface area contributed by atoms with Gasteiger partial charge < -0.3 is 41.2 Å². The van der Waals surface area contributed by atoms with Crippen LogP contribution in [0.5, 0.6) is 0 Å². The SMILES string of the molecule is CCC(=O)NC(CCC(C)=O)C(=O)O.O=C(O)CCCCCCCCCCCCCCCCC(=O)NC(CCC(=O)NCC(=O)O)C(=O)O. The molecule has 0 bridgehead atoms. The third kappa shape index (κ3) is 33.6. The number of carboxylic acid groups (broad SMARTS) is 4. The molecule has 0 fully saturated rings. The standard InChI is InChI=1S/C25H44N2O8.C9H15NO4/c28-21(26-19-24(32)33)18-17-20(25(34)35)27-22(29)15-13-11-9-7-5-3-1-2-4-6-8-10-12-14-16-23(30)31;1-3-8(12)10-7(9(13)14)5-4-6(2)11/h20H,1-19H2,(H,26,28)(H,27,29)(H,30,31)(H,32,33)(H,34,35);7H,3-5H2,1-2H3,(H,10,12)(H,13,14). The van der Waals surface area contributed by atoms with Gasteiger partial charge in [-0.15, -0.1) is 0 Å². The molecule has 0 aliphatic rings. The van der Waals surface area contributed by atoms with Crippen LogP contribution in [0.3, 0.4) is 0 Å². The molecule has 0 radical (unpaired) electrons. The van der Waals surface area contributed by atoms with Crippen LogP contribution in [0.15, 0.2) is 0 Å². The minimum absolute atomic E-state index is 0.0815. The number of aliphatic carboxylic acids is 4. The first kappa shape index (κ1) is 47.1. The summed E-state index contributed by atoms with van der Waals surface area (Å²) in [6, 6.07) is -2.12. The fourth-order valence-corrected chi connectivity index (χ4v) is 4.65. The predicted molar refractivity (Wildman–Crippen MR) is 181 cm³/mol. The molecule has 49 heavy (non-hydrogen) atoms. The van der Waals surface area contributed by atoms with Crippen molar-refractivity contribution in [3.05, 3.63) is 0 Å². The van der Waals surface area contributed by atoms with Crippen LogP contribution in [-0.4, -0.2) is 86.4 Å². The van der Waals surface area contributed by atoms with E-state index in [9.17, 15) is 43.5 Å². The monoisotopic (exact) mass is 701 g/mol. The van der Waals surface area contributed by atoms with Crippen molar-refractivity contribution in [3.8, 4) is 0 Å². The summed E-state index contributed by atoms with van der Waals surface area (Å²) in [4.78, 5) is 87.8. The van der Waals surface area contributed by atoms with Crippen LogP contribution in [0.2, 0.25) is 0 Å². The largest absolute Gasteiger partial charge is 0.481 e. The quantitative estimate of drug-likeness (QED) is 0.0520. The molecule has 282 valence electrons. The van der Waals surface area contributed by atoms with Crippen molar-refractivity contribution in [1.82, 2.24) is 16.0 Å². The molecule has 0 saturated heterocycles. The van der Waals surface area contributed by atoms with Gasteiger partial charge in [0.1, 0.15) is 24.4 Å². The second-order valence-electron chi connectivity index (χ2n) is 12.1. The number of nitrogens with one attached hydrogen (secondary N) is 3. The van der Waals surface area contributed by atoms with E-state index in [1.54, 1.807) is 6.92 Å². The van der Waals surface area contributed by atoms with Gasteiger partial charge in [0, 0.05) is 32.1 Å². The first-order valence-corrected chi connectivity index (χ1v) is 17.4. The molecular formula is C34H59N3O12. The van der Waals surface area contributed by atoms with E-state index in [0.29, 0.717) is 6.42 Å². The zero-order chi connectivity index (χ0) is 37.5. The van der Waals surface area contributed by atoms with Gasteiger partial charge in [0.05, 0.1) is 0 Å². The van der Waals surface area contributed by atoms with Gasteiger partial charge in [-0.05, 0) is 32.6 Å². The summed E-state index contributed by atoms with van der Waals surface area (Å²) in [6.45, 7) is 2.50. The molecular weight excluding hydrogens is 642 g/mol. The Morgan fingerprint density at radius 2 is 0.857 bits per heavy atom. The molecule has 2 unspecified atom stereocenters. The van der Waals surface area contributed by atoms with E-state index in [0.717, 1.165) is 38.5 Å². The average Bonchev–Trinajstić information content (AvgIpc) is 3.03. The maximum absolute atomic E-state index is 12.0. The second kappa shape index (κ2) is 31.2. The first-order valence-electron chi connectivity index (χ1n) is 17.4. The Morgan fingerprint density at radius 1 is 0.469 bits per heavy atom. The molecule has 0 spiro atoms. The van der Waals surface area contributed by atoms with Crippen LogP contribution in [-0.2, 0) is 38.4 Å². The predicted octanol–water partition coefficient (Wildman–Crippen LogP) is 4.20. The summed E-state index contributed by atoms with van der Waals surface area (Å²) in [6.07, 6.45) is 15.9. The number of amides is 3. The summed E-state index contributed by atoms with van der Waals surface area (Å²) in [5.41, 5.74) is 0. The molecule has 0 aliphatic heterocycles. The normalized spacial score (nSPS) is 11.6. The summed E-state index contributed by atoms with van der Waals surface area (Å²) in [5.74, 6) is -5.55. The molecule has 0 aromatic heterocycles. The number of ketones is 1. The van der Waals surface area contributed by atoms with Gasteiger partial charge >= 0.3 is 23.9 Å². The second-order valence-corrected chi connectivity index (χ2v) is 12.1. The summed E-state index contributed by atoms with van der Waals surface area (Å²) in [5, 5.41) is 41.9. The van der Waals surface area contributed by atoms with E-state index in [2.05, 4.69) is 16.0 Å². The lowest BCUT2D eigenvalue weighted by Gasteiger charge is -2.14. The van der Waals surface area contributed by atoms with Gasteiger partial charge in [-0.25, -0.2) is 9.59 Å². The third-order valence-electron chi connectivity index (χ3n) is 7.51. The highest BCUT2D eigenvalue weighted by Gasteiger charge is 2.21. The van der Waals surface area contributed by atoms with Crippen molar-refractivity contribution in [3.63, 3.8) is 0 Å². The highest BCUT2D eigenvalue weighted by atomic mass is 16.4. The smallest absolute Gasteiger partial charge is 0.326 e. The van der Waals surface area contributed by atoms with Crippen LogP contribution < -0.4 is 16.0 Å². The Balaban J connectivity index is 0. The Kier molecular flexibility index (Phi) is 30.0. The molecule has 15 nitrogen and oxygen atoms in total. The van der Waals surface area contributed by atoms with Crippen LogP contribution in [0.25, 0.3) is 0 Å². The molecule has 2 atom stereocenters. The van der Waals surface area contributed by atoms with Crippen molar-refractivity contribution in [2.24, 2.45) is 0 Å². The molecule has 0 saturated carbocycles. The number of hydrogen-bond donors (Lipinski definition) is 7. The van der Waals surface area contributed by atoms with E-state index in [1.165, 1.54) is 51.9 Å². The van der Waals surface area contributed by atoms with E-state index in [-0.39, 0.29) is 62.5 Å². The minimum Gasteiger partial charge on any atom is -0.481 e. The highest BCUT2D eigenvalue weighted by Crippen LogP contribution is 2.14. The van der Waals surface area contributed by atoms with Gasteiger partial charge in [-0.2, -0.15) is 0 Å². The number of carbonyl (C=O) groups excluding carboxylic acids is 4. The van der Waals surface area contributed by atoms with Crippen molar-refractivity contribution in [2.45, 2.75) is 161 Å².